The Kier molecular flexibility index (Phi) is 2.68. The molecule has 0 aromatic rings. The van der Waals surface area contributed by atoms with Gasteiger partial charge in [-0.15, -0.1) is 0 Å². The van der Waals surface area contributed by atoms with Gasteiger partial charge in [-0.05, 0) is 19.3 Å². The molecule has 0 spiro atoms. The summed E-state index contributed by atoms with van der Waals surface area (Å²) in [5.74, 6) is 0. The Morgan fingerprint density at radius 3 is 2.90 bits per heavy atom. The Balaban J connectivity index is 2.30. The van der Waals surface area contributed by atoms with Gasteiger partial charge >= 0.3 is 0 Å². The number of ether oxygens (including phenoxy) is 1. The number of amides is 1. The van der Waals surface area contributed by atoms with E-state index in [2.05, 4.69) is 0 Å². The maximum atomic E-state index is 10.3. The fourth-order valence-electron chi connectivity index (χ4n) is 1.11. The second-order valence-electron chi connectivity index (χ2n) is 2.59. The highest BCUT2D eigenvalue weighted by Crippen LogP contribution is 2.13. The van der Waals surface area contributed by atoms with Crippen LogP contribution < -0.4 is 0 Å². The quantitative estimate of drug-likeness (QED) is 0.530. The van der Waals surface area contributed by atoms with Crippen molar-refractivity contribution in [3.63, 3.8) is 0 Å². The molecule has 1 fully saturated rings. The van der Waals surface area contributed by atoms with Gasteiger partial charge in [0.05, 0.1) is 0 Å². The average Bonchev–Trinajstić information content (AvgIpc) is 2.05. The molecule has 10 heavy (non-hydrogen) atoms. The molecule has 3 heteroatoms. The van der Waals surface area contributed by atoms with Crippen LogP contribution in [0.5, 0.6) is 0 Å². The van der Waals surface area contributed by atoms with Gasteiger partial charge in [-0.3, -0.25) is 4.79 Å². The molecule has 1 unspecified atom stereocenters. The Morgan fingerprint density at radius 2 is 2.40 bits per heavy atom. The first-order chi connectivity index (χ1) is 4.84. The fraction of sp³-hybridized carbons (Fsp3) is 0.857. The summed E-state index contributed by atoms with van der Waals surface area (Å²) in [5.41, 5.74) is 0. The van der Waals surface area contributed by atoms with Crippen molar-refractivity contribution < 1.29 is 9.53 Å². The summed E-state index contributed by atoms with van der Waals surface area (Å²) < 4.78 is 5.33. The molecule has 0 aliphatic carbocycles. The van der Waals surface area contributed by atoms with E-state index in [0.29, 0.717) is 0 Å². The second-order valence-corrected chi connectivity index (χ2v) is 2.59. The molecule has 1 heterocycles. The normalized spacial score (nSPS) is 25.9. The topological polar surface area (TPSA) is 29.5 Å². The van der Waals surface area contributed by atoms with Gasteiger partial charge in [0.15, 0.2) is 0 Å². The summed E-state index contributed by atoms with van der Waals surface area (Å²) in [6.07, 6.45) is 4.13. The predicted molar refractivity (Wildman–Crippen MR) is 37.4 cm³/mol. The number of nitrogens with zero attached hydrogens (tertiary/aromatic N) is 1. The monoisotopic (exact) mass is 143 g/mol. The Hall–Kier alpha value is -0.570. The molecule has 0 radical (unpaired) electrons. The Labute approximate surface area is 61.0 Å². The van der Waals surface area contributed by atoms with Crippen LogP contribution in [0.2, 0.25) is 0 Å². The number of hydrogen-bond acceptors (Lipinski definition) is 2. The van der Waals surface area contributed by atoms with Gasteiger partial charge in [0.25, 0.3) is 0 Å². The lowest BCUT2D eigenvalue weighted by atomic mass is 10.2. The van der Waals surface area contributed by atoms with Crippen molar-refractivity contribution in [2.45, 2.75) is 25.5 Å². The molecule has 0 aromatic heterocycles. The average molecular weight is 143 g/mol. The minimum Gasteiger partial charge on any atom is -0.358 e. The van der Waals surface area contributed by atoms with Gasteiger partial charge in [-0.25, -0.2) is 0 Å². The maximum Gasteiger partial charge on any atom is 0.211 e. The van der Waals surface area contributed by atoms with E-state index in [0.717, 1.165) is 25.9 Å². The Bertz CT molecular complexity index is 110. The lowest BCUT2D eigenvalue weighted by Crippen LogP contribution is -2.35. The van der Waals surface area contributed by atoms with Crippen molar-refractivity contribution in [1.29, 1.82) is 0 Å². The second kappa shape index (κ2) is 3.56. The van der Waals surface area contributed by atoms with Crippen LogP contribution in [0.1, 0.15) is 19.3 Å². The molecule has 0 saturated carbocycles. The van der Waals surface area contributed by atoms with E-state index in [1.807, 2.05) is 0 Å². The SMILES string of the molecule is CN(C=O)C1CCCCO1. The van der Waals surface area contributed by atoms with E-state index in [-0.39, 0.29) is 6.23 Å². The van der Waals surface area contributed by atoms with E-state index in [1.165, 1.54) is 6.42 Å². The number of hydrogen-bond donors (Lipinski definition) is 0. The molecule has 1 atom stereocenters. The first kappa shape index (κ1) is 7.54. The van der Waals surface area contributed by atoms with Crippen molar-refractivity contribution in [3.05, 3.63) is 0 Å². The van der Waals surface area contributed by atoms with Gasteiger partial charge in [0, 0.05) is 13.7 Å². The third-order valence-electron chi connectivity index (χ3n) is 1.78. The molecular weight excluding hydrogens is 130 g/mol. The van der Waals surface area contributed by atoms with Crippen molar-refractivity contribution in [3.8, 4) is 0 Å². The summed E-state index contributed by atoms with van der Waals surface area (Å²) in [5, 5.41) is 0. The first-order valence-corrected chi connectivity index (χ1v) is 3.63. The van der Waals surface area contributed by atoms with E-state index < -0.39 is 0 Å². The van der Waals surface area contributed by atoms with Gasteiger partial charge in [0.1, 0.15) is 6.23 Å². The van der Waals surface area contributed by atoms with Gasteiger partial charge < -0.3 is 9.64 Å². The van der Waals surface area contributed by atoms with E-state index in [1.54, 1.807) is 11.9 Å². The first-order valence-electron chi connectivity index (χ1n) is 3.63. The molecular formula is C7H13NO2. The number of carbonyl (C=O) groups excluding carboxylic acids is 1. The third-order valence-corrected chi connectivity index (χ3v) is 1.78. The fourth-order valence-corrected chi connectivity index (χ4v) is 1.11. The molecule has 1 saturated heterocycles. The largest absolute Gasteiger partial charge is 0.358 e. The number of carbonyl (C=O) groups is 1. The molecule has 0 N–H and O–H groups in total. The minimum atomic E-state index is 0.0336. The summed E-state index contributed by atoms with van der Waals surface area (Å²) in [6.45, 7) is 0.794. The smallest absolute Gasteiger partial charge is 0.211 e. The van der Waals surface area contributed by atoms with Crippen LogP contribution >= 0.6 is 0 Å². The van der Waals surface area contributed by atoms with Crippen LogP contribution in [0.4, 0.5) is 0 Å². The van der Waals surface area contributed by atoms with Crippen LogP contribution in [0.3, 0.4) is 0 Å². The molecule has 3 nitrogen and oxygen atoms in total. The van der Waals surface area contributed by atoms with E-state index in [9.17, 15) is 4.79 Å². The highest BCUT2D eigenvalue weighted by molar-refractivity contribution is 5.46. The zero-order chi connectivity index (χ0) is 7.40. The van der Waals surface area contributed by atoms with Crippen molar-refractivity contribution in [2.75, 3.05) is 13.7 Å². The maximum absolute atomic E-state index is 10.3. The van der Waals surface area contributed by atoms with Crippen LogP contribution in [0.15, 0.2) is 0 Å². The Morgan fingerprint density at radius 1 is 1.60 bits per heavy atom. The van der Waals surface area contributed by atoms with Gasteiger partial charge in [-0.2, -0.15) is 0 Å². The summed E-state index contributed by atoms with van der Waals surface area (Å²) in [7, 11) is 1.75. The summed E-state index contributed by atoms with van der Waals surface area (Å²) >= 11 is 0. The molecule has 0 bridgehead atoms. The highest BCUT2D eigenvalue weighted by Gasteiger charge is 2.16. The summed E-state index contributed by atoms with van der Waals surface area (Å²) in [6, 6.07) is 0. The zero-order valence-electron chi connectivity index (χ0n) is 6.25. The zero-order valence-corrected chi connectivity index (χ0v) is 6.25. The third kappa shape index (κ3) is 1.70. The highest BCUT2D eigenvalue weighted by atomic mass is 16.5. The standard InChI is InChI=1S/C7H13NO2/c1-8(6-9)7-4-2-3-5-10-7/h6-7H,2-5H2,1H3. The number of rotatable bonds is 2. The summed E-state index contributed by atoms with van der Waals surface area (Å²) in [4.78, 5) is 11.8. The molecule has 1 amide bonds. The van der Waals surface area contributed by atoms with E-state index in [4.69, 9.17) is 4.74 Å². The van der Waals surface area contributed by atoms with Crippen molar-refractivity contribution in [1.82, 2.24) is 4.90 Å². The molecule has 1 rings (SSSR count). The van der Waals surface area contributed by atoms with Crippen LogP contribution in [0.25, 0.3) is 0 Å². The predicted octanol–water partition coefficient (Wildman–Crippen LogP) is 0.601. The molecule has 0 aromatic carbocycles. The van der Waals surface area contributed by atoms with Gasteiger partial charge in [-0.1, -0.05) is 0 Å². The van der Waals surface area contributed by atoms with Crippen LogP contribution in [-0.4, -0.2) is 31.2 Å². The van der Waals surface area contributed by atoms with E-state index >= 15 is 0 Å². The minimum absolute atomic E-state index is 0.0336. The van der Waals surface area contributed by atoms with Crippen LogP contribution in [-0.2, 0) is 9.53 Å². The molecule has 58 valence electrons. The lowest BCUT2D eigenvalue weighted by Gasteiger charge is -2.28. The molecule has 1 aliphatic heterocycles. The van der Waals surface area contributed by atoms with Crippen molar-refractivity contribution >= 4 is 6.41 Å². The van der Waals surface area contributed by atoms with Gasteiger partial charge in [0.2, 0.25) is 6.41 Å². The van der Waals surface area contributed by atoms with Crippen molar-refractivity contribution in [2.24, 2.45) is 0 Å². The van der Waals surface area contributed by atoms with Crippen LogP contribution in [0, 0.1) is 0 Å². The lowest BCUT2D eigenvalue weighted by molar-refractivity contribution is -0.133. The molecule has 1 aliphatic rings.